The first kappa shape index (κ1) is 17.7. The first-order valence-corrected chi connectivity index (χ1v) is 8.75. The van der Waals surface area contributed by atoms with Crippen LogP contribution in [0, 0.1) is 0 Å². The maximum Gasteiger partial charge on any atom is 0.223 e. The smallest absolute Gasteiger partial charge is 0.223 e. The number of rotatable bonds is 8. The van der Waals surface area contributed by atoms with Crippen molar-refractivity contribution >= 4 is 5.91 Å². The zero-order valence-electron chi connectivity index (χ0n) is 14.8. The number of aromatic nitrogens is 2. The average molecular weight is 349 g/mol. The summed E-state index contributed by atoms with van der Waals surface area (Å²) in [6.07, 6.45) is 5.67. The third kappa shape index (κ3) is 4.96. The standard InChI is InChI=1S/C21H23N3O2/c1-17(15-24-13-12-22-16-24)23-21(25)11-14-26-20-10-6-5-9-19(20)18-7-3-2-4-8-18/h2-10,12-13,16-17H,11,14-15H2,1H3,(H,23,25)/t17-/m0/s1. The van der Waals surface area contributed by atoms with Gasteiger partial charge in [0.15, 0.2) is 0 Å². The lowest BCUT2D eigenvalue weighted by molar-refractivity contribution is -0.122. The van der Waals surface area contributed by atoms with Crippen LogP contribution < -0.4 is 10.1 Å². The SMILES string of the molecule is C[C@@H](Cn1ccnc1)NC(=O)CCOc1ccccc1-c1ccccc1. The van der Waals surface area contributed by atoms with Crippen LogP contribution in [0.4, 0.5) is 0 Å². The highest BCUT2D eigenvalue weighted by Crippen LogP contribution is 2.29. The minimum Gasteiger partial charge on any atom is -0.492 e. The molecular formula is C21H23N3O2. The lowest BCUT2D eigenvalue weighted by Gasteiger charge is -2.15. The lowest BCUT2D eigenvalue weighted by atomic mass is 10.1. The Bertz CT molecular complexity index is 816. The van der Waals surface area contributed by atoms with E-state index in [1.165, 1.54) is 0 Å². The van der Waals surface area contributed by atoms with E-state index in [-0.39, 0.29) is 11.9 Å². The largest absolute Gasteiger partial charge is 0.492 e. The molecule has 1 N–H and O–H groups in total. The van der Waals surface area contributed by atoms with E-state index < -0.39 is 0 Å². The van der Waals surface area contributed by atoms with Crippen LogP contribution in [0.15, 0.2) is 73.3 Å². The van der Waals surface area contributed by atoms with Crippen molar-refractivity contribution in [1.29, 1.82) is 0 Å². The maximum atomic E-state index is 12.1. The molecule has 1 amide bonds. The van der Waals surface area contributed by atoms with Gasteiger partial charge in [0.1, 0.15) is 5.75 Å². The second-order valence-corrected chi connectivity index (χ2v) is 6.19. The average Bonchev–Trinajstić information content (AvgIpc) is 3.15. The predicted octanol–water partition coefficient (Wildman–Crippen LogP) is 3.52. The van der Waals surface area contributed by atoms with Crippen molar-refractivity contribution in [2.75, 3.05) is 6.61 Å². The normalized spacial score (nSPS) is 11.7. The molecule has 134 valence electrons. The van der Waals surface area contributed by atoms with Crippen molar-refractivity contribution in [2.45, 2.75) is 25.9 Å². The van der Waals surface area contributed by atoms with Gasteiger partial charge in [-0.25, -0.2) is 4.98 Å². The van der Waals surface area contributed by atoms with Gasteiger partial charge in [-0.05, 0) is 18.6 Å². The van der Waals surface area contributed by atoms with Crippen LogP contribution in [0.2, 0.25) is 0 Å². The molecular weight excluding hydrogens is 326 g/mol. The van der Waals surface area contributed by atoms with Gasteiger partial charge >= 0.3 is 0 Å². The van der Waals surface area contributed by atoms with Gasteiger partial charge in [-0.3, -0.25) is 4.79 Å². The van der Waals surface area contributed by atoms with E-state index in [0.717, 1.165) is 16.9 Å². The molecule has 1 aromatic heterocycles. The number of amides is 1. The second-order valence-electron chi connectivity index (χ2n) is 6.19. The number of ether oxygens (including phenoxy) is 1. The molecule has 5 heteroatoms. The lowest BCUT2D eigenvalue weighted by Crippen LogP contribution is -2.36. The predicted molar refractivity (Wildman–Crippen MR) is 102 cm³/mol. The summed E-state index contributed by atoms with van der Waals surface area (Å²) in [4.78, 5) is 16.1. The number of hydrogen-bond donors (Lipinski definition) is 1. The molecule has 3 rings (SSSR count). The van der Waals surface area contributed by atoms with Gasteiger partial charge in [-0.1, -0.05) is 48.5 Å². The zero-order chi connectivity index (χ0) is 18.2. The monoisotopic (exact) mass is 349 g/mol. The number of para-hydroxylation sites is 1. The van der Waals surface area contributed by atoms with Crippen molar-refractivity contribution in [3.63, 3.8) is 0 Å². The molecule has 0 spiro atoms. The molecule has 5 nitrogen and oxygen atoms in total. The number of carbonyl (C=O) groups excluding carboxylic acids is 1. The van der Waals surface area contributed by atoms with Gasteiger partial charge in [0, 0.05) is 30.5 Å². The van der Waals surface area contributed by atoms with Gasteiger partial charge < -0.3 is 14.6 Å². The van der Waals surface area contributed by atoms with E-state index in [9.17, 15) is 4.79 Å². The van der Waals surface area contributed by atoms with E-state index in [1.807, 2.05) is 72.3 Å². The molecule has 0 saturated carbocycles. The molecule has 0 aliphatic heterocycles. The van der Waals surface area contributed by atoms with E-state index in [2.05, 4.69) is 10.3 Å². The quantitative estimate of drug-likeness (QED) is 0.677. The van der Waals surface area contributed by atoms with Crippen LogP contribution in [0.5, 0.6) is 5.75 Å². The summed E-state index contributed by atoms with van der Waals surface area (Å²) in [6, 6.07) is 18.0. The van der Waals surface area contributed by atoms with Crippen LogP contribution in [0.25, 0.3) is 11.1 Å². The fourth-order valence-electron chi connectivity index (χ4n) is 2.81. The van der Waals surface area contributed by atoms with Crippen molar-refractivity contribution in [2.24, 2.45) is 0 Å². The minimum absolute atomic E-state index is 0.0187. The molecule has 0 fully saturated rings. The van der Waals surface area contributed by atoms with E-state index >= 15 is 0 Å². The number of nitrogens with zero attached hydrogens (tertiary/aromatic N) is 2. The van der Waals surface area contributed by atoms with Crippen LogP contribution in [0.3, 0.4) is 0 Å². The molecule has 1 heterocycles. The van der Waals surface area contributed by atoms with Crippen molar-refractivity contribution < 1.29 is 9.53 Å². The molecule has 0 radical (unpaired) electrons. The summed E-state index contributed by atoms with van der Waals surface area (Å²) < 4.78 is 7.82. The Kier molecular flexibility index (Phi) is 6.04. The number of benzene rings is 2. The molecule has 0 aliphatic carbocycles. The summed E-state index contributed by atoms with van der Waals surface area (Å²) in [5, 5.41) is 2.98. The Labute approximate surface area is 153 Å². The number of nitrogens with one attached hydrogen (secondary N) is 1. The summed E-state index contributed by atoms with van der Waals surface area (Å²) in [5.41, 5.74) is 2.13. The highest BCUT2D eigenvalue weighted by atomic mass is 16.5. The van der Waals surface area contributed by atoms with Crippen LogP contribution in [-0.2, 0) is 11.3 Å². The molecule has 0 unspecified atom stereocenters. The summed E-state index contributed by atoms with van der Waals surface area (Å²) >= 11 is 0. The Balaban J connectivity index is 1.50. The molecule has 26 heavy (non-hydrogen) atoms. The Hall–Kier alpha value is -3.08. The van der Waals surface area contributed by atoms with Gasteiger partial charge in [0.25, 0.3) is 0 Å². The molecule has 1 atom stereocenters. The number of carbonyl (C=O) groups is 1. The van der Waals surface area contributed by atoms with Gasteiger partial charge in [0.05, 0.1) is 19.4 Å². The van der Waals surface area contributed by atoms with Crippen molar-refractivity contribution in [3.05, 3.63) is 73.3 Å². The zero-order valence-corrected chi connectivity index (χ0v) is 14.8. The number of hydrogen-bond acceptors (Lipinski definition) is 3. The third-order valence-electron chi connectivity index (χ3n) is 4.01. The van der Waals surface area contributed by atoms with E-state index in [4.69, 9.17) is 4.74 Å². The Morgan fingerprint density at radius 3 is 2.69 bits per heavy atom. The summed E-state index contributed by atoms with van der Waals surface area (Å²) in [6.45, 7) is 3.01. The van der Waals surface area contributed by atoms with E-state index in [0.29, 0.717) is 19.6 Å². The van der Waals surface area contributed by atoms with E-state index in [1.54, 1.807) is 12.5 Å². The minimum atomic E-state index is -0.0187. The molecule has 0 bridgehead atoms. The highest BCUT2D eigenvalue weighted by Gasteiger charge is 2.10. The second kappa shape index (κ2) is 8.85. The molecule has 2 aromatic carbocycles. The summed E-state index contributed by atoms with van der Waals surface area (Å²) in [5.74, 6) is 0.771. The van der Waals surface area contributed by atoms with Gasteiger partial charge in [-0.2, -0.15) is 0 Å². The summed E-state index contributed by atoms with van der Waals surface area (Å²) in [7, 11) is 0. The third-order valence-corrected chi connectivity index (χ3v) is 4.01. The van der Waals surface area contributed by atoms with Crippen molar-refractivity contribution in [1.82, 2.24) is 14.9 Å². The van der Waals surface area contributed by atoms with Crippen LogP contribution in [0.1, 0.15) is 13.3 Å². The fraction of sp³-hybridized carbons (Fsp3) is 0.238. The first-order chi connectivity index (χ1) is 12.7. The molecule has 0 saturated heterocycles. The van der Waals surface area contributed by atoms with Crippen LogP contribution >= 0.6 is 0 Å². The van der Waals surface area contributed by atoms with Gasteiger partial charge in [-0.15, -0.1) is 0 Å². The highest BCUT2D eigenvalue weighted by molar-refractivity contribution is 5.76. The number of imidazole rings is 1. The van der Waals surface area contributed by atoms with Crippen molar-refractivity contribution in [3.8, 4) is 16.9 Å². The van der Waals surface area contributed by atoms with Gasteiger partial charge in [0.2, 0.25) is 5.91 Å². The topological polar surface area (TPSA) is 56.2 Å². The Morgan fingerprint density at radius 2 is 1.92 bits per heavy atom. The van der Waals surface area contributed by atoms with Crippen LogP contribution in [-0.4, -0.2) is 28.1 Å². The molecule has 0 aliphatic rings. The maximum absolute atomic E-state index is 12.1. The molecule has 3 aromatic rings. The first-order valence-electron chi connectivity index (χ1n) is 8.75. The fourth-order valence-corrected chi connectivity index (χ4v) is 2.81. The Morgan fingerprint density at radius 1 is 1.15 bits per heavy atom.